The SMILES string of the molecule is Ic1ccc(CCN2CCN(CCc3ccccc3)CC2)cc1. The van der Waals surface area contributed by atoms with Crippen molar-refractivity contribution in [2.45, 2.75) is 12.8 Å². The smallest absolute Gasteiger partial charge is 0.0130 e. The maximum Gasteiger partial charge on any atom is 0.0130 e. The molecule has 0 unspecified atom stereocenters. The lowest BCUT2D eigenvalue weighted by molar-refractivity contribution is 0.134. The zero-order valence-corrected chi connectivity index (χ0v) is 15.8. The molecule has 0 aromatic heterocycles. The van der Waals surface area contributed by atoms with E-state index in [0.29, 0.717) is 0 Å². The second kappa shape index (κ2) is 8.81. The monoisotopic (exact) mass is 420 g/mol. The van der Waals surface area contributed by atoms with Gasteiger partial charge < -0.3 is 9.80 Å². The minimum atomic E-state index is 1.17. The molecule has 1 fully saturated rings. The van der Waals surface area contributed by atoms with Crippen LogP contribution in [0.4, 0.5) is 0 Å². The van der Waals surface area contributed by atoms with Gasteiger partial charge in [-0.1, -0.05) is 42.5 Å². The van der Waals surface area contributed by atoms with Gasteiger partial charge in [-0.2, -0.15) is 0 Å². The van der Waals surface area contributed by atoms with Gasteiger partial charge in [0.2, 0.25) is 0 Å². The van der Waals surface area contributed by atoms with E-state index < -0.39 is 0 Å². The summed E-state index contributed by atoms with van der Waals surface area (Å²) < 4.78 is 1.32. The maximum atomic E-state index is 2.61. The number of nitrogens with zero attached hydrogens (tertiary/aromatic N) is 2. The molecule has 0 amide bonds. The molecule has 2 aromatic rings. The molecule has 1 heterocycles. The average Bonchev–Trinajstić information content (AvgIpc) is 2.61. The van der Waals surface area contributed by atoms with Crippen molar-refractivity contribution < 1.29 is 0 Å². The first-order valence-corrected chi connectivity index (χ1v) is 9.60. The molecule has 1 saturated heterocycles. The van der Waals surface area contributed by atoms with Crippen molar-refractivity contribution in [3.05, 3.63) is 69.3 Å². The van der Waals surface area contributed by atoms with Crippen LogP contribution in [0.15, 0.2) is 54.6 Å². The van der Waals surface area contributed by atoms with Gasteiger partial charge in [-0.05, 0) is 58.7 Å². The average molecular weight is 420 g/mol. The number of hydrogen-bond donors (Lipinski definition) is 0. The third kappa shape index (κ3) is 5.59. The van der Waals surface area contributed by atoms with Crippen LogP contribution in [0.1, 0.15) is 11.1 Å². The quantitative estimate of drug-likeness (QED) is 0.658. The Balaban J connectivity index is 1.36. The molecule has 0 bridgehead atoms. The first kappa shape index (κ1) is 16.9. The first-order chi connectivity index (χ1) is 11.3. The molecule has 3 rings (SSSR count). The standard InChI is InChI=1S/C20H25IN2/c21-20-8-6-19(7-9-20)11-13-23-16-14-22(15-17-23)12-10-18-4-2-1-3-5-18/h1-9H,10-17H2. The molecule has 0 N–H and O–H groups in total. The maximum absolute atomic E-state index is 2.61. The number of rotatable bonds is 6. The van der Waals surface area contributed by atoms with E-state index in [9.17, 15) is 0 Å². The Bertz CT molecular complexity index is 574. The Labute approximate surface area is 153 Å². The molecule has 0 aliphatic carbocycles. The Morgan fingerprint density at radius 2 is 1.13 bits per heavy atom. The predicted octanol–water partition coefficient (Wildman–Crippen LogP) is 3.69. The zero-order valence-electron chi connectivity index (χ0n) is 13.6. The summed E-state index contributed by atoms with van der Waals surface area (Å²) in [6.45, 7) is 7.21. The van der Waals surface area contributed by atoms with Crippen LogP contribution in [-0.2, 0) is 12.8 Å². The van der Waals surface area contributed by atoms with Crippen molar-refractivity contribution in [2.75, 3.05) is 39.3 Å². The molecular formula is C20H25IN2. The topological polar surface area (TPSA) is 6.48 Å². The number of halogens is 1. The Hall–Kier alpha value is -0.910. The lowest BCUT2D eigenvalue weighted by Gasteiger charge is -2.34. The summed E-state index contributed by atoms with van der Waals surface area (Å²) in [6, 6.07) is 19.8. The van der Waals surface area contributed by atoms with Crippen LogP contribution in [0.5, 0.6) is 0 Å². The van der Waals surface area contributed by atoms with Crippen LogP contribution >= 0.6 is 22.6 Å². The molecule has 0 spiro atoms. The predicted molar refractivity (Wildman–Crippen MR) is 106 cm³/mol. The van der Waals surface area contributed by atoms with Gasteiger partial charge in [-0.15, -0.1) is 0 Å². The fraction of sp³-hybridized carbons (Fsp3) is 0.400. The van der Waals surface area contributed by atoms with Crippen LogP contribution in [0.3, 0.4) is 0 Å². The van der Waals surface area contributed by atoms with Gasteiger partial charge in [0, 0.05) is 42.8 Å². The van der Waals surface area contributed by atoms with E-state index in [1.165, 1.54) is 66.8 Å². The summed E-state index contributed by atoms with van der Waals surface area (Å²) in [7, 11) is 0. The lowest BCUT2D eigenvalue weighted by atomic mass is 10.1. The van der Waals surface area contributed by atoms with Crippen molar-refractivity contribution in [3.8, 4) is 0 Å². The Morgan fingerprint density at radius 1 is 0.652 bits per heavy atom. The molecule has 3 heteroatoms. The molecule has 1 aliphatic heterocycles. The van der Waals surface area contributed by atoms with Crippen molar-refractivity contribution in [2.24, 2.45) is 0 Å². The Kier molecular flexibility index (Phi) is 6.48. The van der Waals surface area contributed by atoms with E-state index in [0.717, 1.165) is 0 Å². The summed E-state index contributed by atoms with van der Waals surface area (Å²) in [4.78, 5) is 5.21. The summed E-state index contributed by atoms with van der Waals surface area (Å²) >= 11 is 2.37. The summed E-state index contributed by atoms with van der Waals surface area (Å²) in [5.41, 5.74) is 2.91. The number of hydrogen-bond acceptors (Lipinski definition) is 2. The number of benzene rings is 2. The van der Waals surface area contributed by atoms with Gasteiger partial charge in [0.1, 0.15) is 0 Å². The van der Waals surface area contributed by atoms with E-state index >= 15 is 0 Å². The molecule has 0 radical (unpaired) electrons. The highest BCUT2D eigenvalue weighted by atomic mass is 127. The van der Waals surface area contributed by atoms with Crippen LogP contribution in [0, 0.1) is 3.57 Å². The largest absolute Gasteiger partial charge is 0.300 e. The van der Waals surface area contributed by atoms with Crippen LogP contribution in [-0.4, -0.2) is 49.1 Å². The molecule has 0 atom stereocenters. The number of piperazine rings is 1. The highest BCUT2D eigenvalue weighted by Gasteiger charge is 2.16. The van der Waals surface area contributed by atoms with Gasteiger partial charge in [-0.25, -0.2) is 0 Å². The van der Waals surface area contributed by atoms with E-state index in [2.05, 4.69) is 87.0 Å². The van der Waals surface area contributed by atoms with E-state index in [1.807, 2.05) is 0 Å². The molecule has 1 aliphatic rings. The van der Waals surface area contributed by atoms with Gasteiger partial charge in [0.15, 0.2) is 0 Å². The molecular weight excluding hydrogens is 395 g/mol. The lowest BCUT2D eigenvalue weighted by Crippen LogP contribution is -2.47. The van der Waals surface area contributed by atoms with Gasteiger partial charge >= 0.3 is 0 Å². The van der Waals surface area contributed by atoms with Crippen molar-refractivity contribution in [3.63, 3.8) is 0 Å². The third-order valence-corrected chi connectivity index (χ3v) is 5.37. The van der Waals surface area contributed by atoms with Crippen molar-refractivity contribution >= 4 is 22.6 Å². The third-order valence-electron chi connectivity index (χ3n) is 4.65. The van der Waals surface area contributed by atoms with E-state index in [4.69, 9.17) is 0 Å². The second-order valence-corrected chi connectivity index (χ2v) is 7.54. The minimum Gasteiger partial charge on any atom is -0.300 e. The fourth-order valence-corrected chi connectivity index (χ4v) is 3.47. The van der Waals surface area contributed by atoms with Crippen molar-refractivity contribution in [1.82, 2.24) is 9.80 Å². The van der Waals surface area contributed by atoms with Crippen LogP contribution < -0.4 is 0 Å². The summed E-state index contributed by atoms with van der Waals surface area (Å²) in [6.07, 6.45) is 2.34. The molecule has 23 heavy (non-hydrogen) atoms. The summed E-state index contributed by atoms with van der Waals surface area (Å²) in [5.74, 6) is 0. The van der Waals surface area contributed by atoms with Gasteiger partial charge in [0.25, 0.3) is 0 Å². The fourth-order valence-electron chi connectivity index (χ4n) is 3.11. The van der Waals surface area contributed by atoms with Gasteiger partial charge in [-0.3, -0.25) is 0 Å². The Morgan fingerprint density at radius 3 is 1.65 bits per heavy atom. The van der Waals surface area contributed by atoms with Crippen molar-refractivity contribution in [1.29, 1.82) is 0 Å². The second-order valence-electron chi connectivity index (χ2n) is 6.30. The molecule has 2 nitrogen and oxygen atoms in total. The van der Waals surface area contributed by atoms with E-state index in [-0.39, 0.29) is 0 Å². The highest BCUT2D eigenvalue weighted by Crippen LogP contribution is 2.10. The van der Waals surface area contributed by atoms with Crippen LogP contribution in [0.2, 0.25) is 0 Å². The zero-order chi connectivity index (χ0) is 15.9. The molecule has 0 saturated carbocycles. The van der Waals surface area contributed by atoms with Crippen LogP contribution in [0.25, 0.3) is 0 Å². The normalized spacial score (nSPS) is 16.6. The van der Waals surface area contributed by atoms with E-state index in [1.54, 1.807) is 0 Å². The van der Waals surface area contributed by atoms with Gasteiger partial charge in [0.05, 0.1) is 0 Å². The molecule has 2 aromatic carbocycles. The first-order valence-electron chi connectivity index (χ1n) is 8.53. The minimum absolute atomic E-state index is 1.17. The highest BCUT2D eigenvalue weighted by molar-refractivity contribution is 14.1. The summed E-state index contributed by atoms with van der Waals surface area (Å²) in [5, 5.41) is 0. The molecule has 122 valence electrons.